The van der Waals surface area contributed by atoms with Gasteiger partial charge in [0, 0.05) is 29.9 Å². The molecule has 30 heavy (non-hydrogen) atoms. The van der Waals surface area contributed by atoms with Gasteiger partial charge in [0.1, 0.15) is 6.04 Å². The van der Waals surface area contributed by atoms with Crippen molar-refractivity contribution in [1.29, 1.82) is 0 Å². The van der Waals surface area contributed by atoms with E-state index in [1.165, 1.54) is 6.42 Å². The van der Waals surface area contributed by atoms with E-state index in [0.717, 1.165) is 41.3 Å². The molecule has 0 radical (unpaired) electrons. The molecule has 0 saturated heterocycles. The number of hydrogen-bond acceptors (Lipinski definition) is 2. The fourth-order valence-electron chi connectivity index (χ4n) is 4.09. The number of amides is 2. The highest BCUT2D eigenvalue weighted by Gasteiger charge is 2.31. The molecule has 1 aliphatic rings. The summed E-state index contributed by atoms with van der Waals surface area (Å²) >= 11 is 3.46. The van der Waals surface area contributed by atoms with Gasteiger partial charge in [-0.3, -0.25) is 9.59 Å². The topological polar surface area (TPSA) is 49.4 Å². The molecular weight excluding hydrogens is 440 g/mol. The van der Waals surface area contributed by atoms with Gasteiger partial charge >= 0.3 is 0 Å². The third kappa shape index (κ3) is 6.43. The molecule has 3 rings (SSSR count). The van der Waals surface area contributed by atoms with Gasteiger partial charge in [0.25, 0.3) is 0 Å². The molecule has 1 fully saturated rings. The molecule has 1 atom stereocenters. The van der Waals surface area contributed by atoms with Crippen molar-refractivity contribution in [3.05, 3.63) is 70.2 Å². The lowest BCUT2D eigenvalue weighted by molar-refractivity contribution is -0.141. The molecule has 0 bridgehead atoms. The molecule has 1 aliphatic carbocycles. The summed E-state index contributed by atoms with van der Waals surface area (Å²) in [5.74, 6) is -0.0395. The highest BCUT2D eigenvalue weighted by atomic mass is 79.9. The molecule has 0 spiro atoms. The maximum Gasteiger partial charge on any atom is 0.243 e. The zero-order valence-electron chi connectivity index (χ0n) is 17.6. The van der Waals surface area contributed by atoms with E-state index in [0.29, 0.717) is 19.4 Å². The molecule has 0 aliphatic heterocycles. The minimum absolute atomic E-state index is 0.00218. The molecule has 4 nitrogen and oxygen atoms in total. The van der Waals surface area contributed by atoms with Crippen LogP contribution in [0.25, 0.3) is 0 Å². The van der Waals surface area contributed by atoms with Gasteiger partial charge in [-0.1, -0.05) is 84.6 Å². The smallest absolute Gasteiger partial charge is 0.243 e. The Balaban J connectivity index is 1.85. The Bertz CT molecular complexity index is 817. The summed E-state index contributed by atoms with van der Waals surface area (Å²) < 4.78 is 0.996. The SMILES string of the molecule is CCC(=O)N(Cc1ccc(Br)cc1)[C@@H](Cc1ccccc1)C(=O)NC1CCCCC1. The predicted molar refractivity (Wildman–Crippen MR) is 124 cm³/mol. The minimum Gasteiger partial charge on any atom is -0.352 e. The Labute approximate surface area is 188 Å². The third-order valence-electron chi connectivity index (χ3n) is 5.79. The quantitative estimate of drug-likeness (QED) is 0.572. The Hall–Kier alpha value is -2.14. The fourth-order valence-corrected chi connectivity index (χ4v) is 4.35. The first-order chi connectivity index (χ1) is 14.6. The molecule has 2 amide bonds. The summed E-state index contributed by atoms with van der Waals surface area (Å²) in [6.07, 6.45) is 6.50. The highest BCUT2D eigenvalue weighted by Crippen LogP contribution is 2.20. The van der Waals surface area contributed by atoms with Crippen LogP contribution in [0.15, 0.2) is 59.1 Å². The normalized spacial score (nSPS) is 15.4. The monoisotopic (exact) mass is 470 g/mol. The first-order valence-electron chi connectivity index (χ1n) is 10.9. The van der Waals surface area contributed by atoms with Crippen LogP contribution in [-0.4, -0.2) is 28.8 Å². The van der Waals surface area contributed by atoms with E-state index in [9.17, 15) is 9.59 Å². The van der Waals surface area contributed by atoms with Gasteiger partial charge in [-0.25, -0.2) is 0 Å². The van der Waals surface area contributed by atoms with Crippen LogP contribution in [-0.2, 0) is 22.6 Å². The van der Waals surface area contributed by atoms with Crippen molar-refractivity contribution in [2.24, 2.45) is 0 Å². The van der Waals surface area contributed by atoms with Crippen LogP contribution in [0, 0.1) is 0 Å². The summed E-state index contributed by atoms with van der Waals surface area (Å²) in [5.41, 5.74) is 2.08. The van der Waals surface area contributed by atoms with E-state index < -0.39 is 6.04 Å². The summed E-state index contributed by atoms with van der Waals surface area (Å²) in [4.78, 5) is 28.1. The minimum atomic E-state index is -0.523. The molecule has 0 unspecified atom stereocenters. The first-order valence-corrected chi connectivity index (χ1v) is 11.7. The van der Waals surface area contributed by atoms with Crippen molar-refractivity contribution >= 4 is 27.7 Å². The van der Waals surface area contributed by atoms with Crippen molar-refractivity contribution in [3.8, 4) is 0 Å². The van der Waals surface area contributed by atoms with E-state index in [-0.39, 0.29) is 17.9 Å². The van der Waals surface area contributed by atoms with Crippen LogP contribution in [0.2, 0.25) is 0 Å². The number of nitrogens with one attached hydrogen (secondary N) is 1. The Morgan fingerprint density at radius 1 is 1.00 bits per heavy atom. The van der Waals surface area contributed by atoms with Crippen LogP contribution >= 0.6 is 15.9 Å². The molecule has 5 heteroatoms. The number of hydrogen-bond donors (Lipinski definition) is 1. The van der Waals surface area contributed by atoms with Gasteiger partial charge in [-0.05, 0) is 36.1 Å². The number of carbonyl (C=O) groups excluding carboxylic acids is 2. The number of rotatable bonds is 8. The maximum absolute atomic E-state index is 13.4. The van der Waals surface area contributed by atoms with Crippen LogP contribution in [0.1, 0.15) is 56.6 Å². The fraction of sp³-hybridized carbons (Fsp3) is 0.440. The number of halogens is 1. The number of carbonyl (C=O) groups is 2. The Kier molecular flexibility index (Phi) is 8.50. The van der Waals surface area contributed by atoms with Gasteiger partial charge in [0.15, 0.2) is 0 Å². The van der Waals surface area contributed by atoms with Gasteiger partial charge in [0.05, 0.1) is 0 Å². The highest BCUT2D eigenvalue weighted by molar-refractivity contribution is 9.10. The van der Waals surface area contributed by atoms with Crippen LogP contribution < -0.4 is 5.32 Å². The molecule has 1 saturated carbocycles. The summed E-state index contributed by atoms with van der Waals surface area (Å²) in [6, 6.07) is 17.6. The second-order valence-electron chi connectivity index (χ2n) is 8.05. The van der Waals surface area contributed by atoms with E-state index in [1.807, 2.05) is 61.5 Å². The van der Waals surface area contributed by atoms with Crippen molar-refractivity contribution in [1.82, 2.24) is 10.2 Å². The van der Waals surface area contributed by atoms with Crippen LogP contribution in [0.4, 0.5) is 0 Å². The second kappa shape index (κ2) is 11.3. The lowest BCUT2D eigenvalue weighted by atomic mass is 9.94. The van der Waals surface area contributed by atoms with Gasteiger partial charge < -0.3 is 10.2 Å². The molecule has 2 aromatic rings. The second-order valence-corrected chi connectivity index (χ2v) is 8.97. The summed E-state index contributed by atoms with van der Waals surface area (Å²) in [5, 5.41) is 3.25. The summed E-state index contributed by atoms with van der Waals surface area (Å²) in [6.45, 7) is 2.28. The molecule has 160 valence electrons. The standard InChI is InChI=1S/C25H31BrN2O2/c1-2-24(29)28(18-20-13-15-21(26)16-14-20)23(17-19-9-5-3-6-10-19)25(30)27-22-11-7-4-8-12-22/h3,5-6,9-10,13-16,22-23H,2,4,7-8,11-12,17-18H2,1H3,(H,27,30)/t23-/m0/s1. The molecule has 2 aromatic carbocycles. The first kappa shape index (κ1) is 22.5. The van der Waals surface area contributed by atoms with Crippen molar-refractivity contribution in [2.45, 2.75) is 70.5 Å². The third-order valence-corrected chi connectivity index (χ3v) is 6.32. The average Bonchev–Trinajstić information content (AvgIpc) is 2.78. The van der Waals surface area contributed by atoms with Gasteiger partial charge in [-0.2, -0.15) is 0 Å². The van der Waals surface area contributed by atoms with Crippen LogP contribution in [0.3, 0.4) is 0 Å². The van der Waals surface area contributed by atoms with E-state index in [2.05, 4.69) is 21.2 Å². The zero-order chi connectivity index (χ0) is 21.3. The van der Waals surface area contributed by atoms with E-state index >= 15 is 0 Å². The molecule has 1 N–H and O–H groups in total. The maximum atomic E-state index is 13.4. The predicted octanol–water partition coefficient (Wildman–Crippen LogP) is 5.25. The molecule has 0 aromatic heterocycles. The van der Waals surface area contributed by atoms with Crippen molar-refractivity contribution in [2.75, 3.05) is 0 Å². The molecule has 0 heterocycles. The van der Waals surface area contributed by atoms with Crippen LogP contribution in [0.5, 0.6) is 0 Å². The zero-order valence-corrected chi connectivity index (χ0v) is 19.2. The van der Waals surface area contributed by atoms with Crippen molar-refractivity contribution < 1.29 is 9.59 Å². The number of nitrogens with zero attached hydrogens (tertiary/aromatic N) is 1. The lowest BCUT2D eigenvalue weighted by Crippen LogP contribution is -2.52. The lowest BCUT2D eigenvalue weighted by Gasteiger charge is -2.33. The Morgan fingerprint density at radius 3 is 2.30 bits per heavy atom. The van der Waals surface area contributed by atoms with Gasteiger partial charge in [-0.15, -0.1) is 0 Å². The van der Waals surface area contributed by atoms with E-state index in [1.54, 1.807) is 4.90 Å². The van der Waals surface area contributed by atoms with E-state index in [4.69, 9.17) is 0 Å². The molecular formula is C25H31BrN2O2. The Morgan fingerprint density at radius 2 is 1.67 bits per heavy atom. The summed E-state index contributed by atoms with van der Waals surface area (Å²) in [7, 11) is 0. The average molecular weight is 471 g/mol. The van der Waals surface area contributed by atoms with Crippen molar-refractivity contribution in [3.63, 3.8) is 0 Å². The van der Waals surface area contributed by atoms with Gasteiger partial charge in [0.2, 0.25) is 11.8 Å². The number of benzene rings is 2. The largest absolute Gasteiger partial charge is 0.352 e.